The highest BCUT2D eigenvalue weighted by Gasteiger charge is 2.50. The topological polar surface area (TPSA) is 423 Å². The Labute approximate surface area is 489 Å². The first-order chi connectivity index (χ1) is 40.5. The summed E-state index contributed by atoms with van der Waals surface area (Å²) in [5.74, 6) is -12.3. The summed E-state index contributed by atoms with van der Waals surface area (Å²) in [6.07, 6.45) is 3.47. The Balaban J connectivity index is 1.39. The van der Waals surface area contributed by atoms with Gasteiger partial charge in [0.05, 0.1) is 90.9 Å². The predicted octanol–water partition coefficient (Wildman–Crippen LogP) is -3.76. The molecule has 468 valence electrons. The van der Waals surface area contributed by atoms with E-state index in [1.165, 1.54) is 46.8 Å². The second kappa shape index (κ2) is 35.9. The number of hydrogen-bond acceptors (Lipinski definition) is 21. The number of fused-ring (bicyclic) bond motifs is 1. The lowest BCUT2D eigenvalue weighted by atomic mass is 9.96. The Kier molecular flexibility index (Phi) is 29.3. The zero-order valence-electron chi connectivity index (χ0n) is 48.0. The summed E-state index contributed by atoms with van der Waals surface area (Å²) in [5, 5.41) is 27.0. The molecular weight excluding hydrogens is 1120 g/mol. The number of amides is 11. The molecule has 0 aromatic heterocycles. The van der Waals surface area contributed by atoms with E-state index in [0.717, 1.165) is 24.3 Å². The van der Waals surface area contributed by atoms with Crippen molar-refractivity contribution in [2.24, 2.45) is 11.7 Å². The molecule has 85 heavy (non-hydrogen) atoms. The molecule has 1 aromatic rings. The third-order valence-corrected chi connectivity index (χ3v) is 12.7. The van der Waals surface area contributed by atoms with Crippen molar-refractivity contribution in [3.05, 3.63) is 48.1 Å². The number of imide groups is 2. The van der Waals surface area contributed by atoms with Crippen molar-refractivity contribution in [1.82, 2.24) is 41.7 Å². The number of nitrogens with zero attached hydrogens (tertiary/aromatic N) is 2. The van der Waals surface area contributed by atoms with E-state index in [2.05, 4.69) is 37.2 Å². The van der Waals surface area contributed by atoms with Crippen molar-refractivity contribution >= 4 is 82.6 Å². The lowest BCUT2D eigenvalue weighted by Gasteiger charge is -2.35. The zero-order valence-corrected chi connectivity index (χ0v) is 48.0. The van der Waals surface area contributed by atoms with Crippen LogP contribution in [-0.2, 0) is 97.2 Å². The molecule has 1 aromatic carbocycles. The number of rotatable bonds is 7. The van der Waals surface area contributed by atoms with Gasteiger partial charge in [-0.05, 0) is 58.2 Å². The summed E-state index contributed by atoms with van der Waals surface area (Å²) in [6, 6.07) is -4.99. The minimum absolute atomic E-state index is 0.0307. The Morgan fingerprint density at radius 3 is 1.35 bits per heavy atom. The van der Waals surface area contributed by atoms with Crippen LogP contribution in [0.15, 0.2) is 42.5 Å². The Morgan fingerprint density at radius 2 is 0.929 bits per heavy atom. The largest absolute Gasteiger partial charge is 0.481 e. The number of carboxylic acids is 1. The van der Waals surface area contributed by atoms with Gasteiger partial charge in [0, 0.05) is 56.3 Å². The maximum Gasteiger partial charge on any atom is 0.333 e. The van der Waals surface area contributed by atoms with Crippen molar-refractivity contribution in [3.8, 4) is 5.75 Å². The first-order valence-electron chi connectivity index (χ1n) is 27.4. The molecule has 0 aliphatic carbocycles. The predicted molar refractivity (Wildman–Crippen MR) is 294 cm³/mol. The monoisotopic (exact) mass is 1200 g/mol. The van der Waals surface area contributed by atoms with Crippen LogP contribution < -0.4 is 47.7 Å². The van der Waals surface area contributed by atoms with Gasteiger partial charge >= 0.3 is 11.9 Å². The number of carbonyl (C=O) groups is 13. The molecule has 0 saturated carbocycles. The highest BCUT2D eigenvalue weighted by atomic mass is 16.6. The number of hydrogen-bond donors (Lipinski definition) is 9. The van der Waals surface area contributed by atoms with Crippen LogP contribution in [0.3, 0.4) is 0 Å². The maximum absolute atomic E-state index is 13.8. The second-order valence-corrected chi connectivity index (χ2v) is 19.6. The number of ether oxygens (including phenoxy) is 7. The molecule has 4 rings (SSSR count). The van der Waals surface area contributed by atoms with E-state index < -0.39 is 125 Å². The number of benzene rings is 1. The first-order valence-corrected chi connectivity index (χ1v) is 27.4. The van der Waals surface area contributed by atoms with Gasteiger partial charge in [0.15, 0.2) is 5.75 Å². The van der Waals surface area contributed by atoms with Crippen molar-refractivity contribution in [2.75, 3.05) is 97.7 Å². The van der Waals surface area contributed by atoms with Crippen LogP contribution >= 0.6 is 0 Å². The Bertz CT molecular complexity index is 2600. The van der Waals surface area contributed by atoms with Gasteiger partial charge in [-0.15, -0.1) is 0 Å². The molecule has 0 radical (unpaired) electrons. The zero-order chi connectivity index (χ0) is 62.6. The van der Waals surface area contributed by atoms with Crippen LogP contribution in [0.1, 0.15) is 59.4 Å². The van der Waals surface area contributed by atoms with Gasteiger partial charge in [-0.3, -0.25) is 67.3 Å². The maximum atomic E-state index is 13.8. The molecule has 0 fully saturated rings. The molecule has 3 aliphatic heterocycles. The summed E-state index contributed by atoms with van der Waals surface area (Å²) in [4.78, 5) is 170. The summed E-state index contributed by atoms with van der Waals surface area (Å²) in [5.41, 5.74) is 6.75. The van der Waals surface area contributed by atoms with Crippen LogP contribution in [0, 0.1) is 5.92 Å². The van der Waals surface area contributed by atoms with E-state index >= 15 is 0 Å². The number of nitrogens with two attached hydrogens (primary N) is 1. The minimum atomic E-state index is -2.01. The molecule has 0 saturated heterocycles. The van der Waals surface area contributed by atoms with Gasteiger partial charge in [0.2, 0.25) is 41.4 Å². The summed E-state index contributed by atoms with van der Waals surface area (Å²) in [6.45, 7) is 6.73. The van der Waals surface area contributed by atoms with E-state index in [1.807, 2.05) is 0 Å². The lowest BCUT2D eigenvalue weighted by molar-refractivity contribution is -0.156. The fourth-order valence-electron chi connectivity index (χ4n) is 8.12. The molecule has 10 N–H and O–H groups in total. The number of carbonyl (C=O) groups excluding carboxylic acids is 12. The molecule has 3 aliphatic rings. The molecular formula is C54H76N10O21. The molecule has 0 bridgehead atoms. The molecule has 0 spiro atoms. The normalized spacial score (nSPS) is 25.2. The van der Waals surface area contributed by atoms with Crippen molar-refractivity contribution in [1.29, 1.82) is 0 Å². The summed E-state index contributed by atoms with van der Waals surface area (Å²) in [7, 11) is 0. The number of anilines is 1. The molecule has 8 atom stereocenters. The lowest BCUT2D eigenvalue weighted by Crippen LogP contribution is -2.66. The standard InChI is InChI=1S/C54H76N10O21/c1-31(53(76)77)28-37(55)29-36-6-7-39-38(30-36)62-50(73)34(4)60-48(71)32(2)58-40(65)12-16-79-20-24-83-26-22-81-18-14-56-51(74)46(63-42(67)8-9-43(63)68)47(64-44(69)10-11-45(64)70)52(75)57-15-19-82-23-27-84-25-21-80-17-13-41(66)59-33(3)49(72)61-35(5)54(78)85-39/h6-11,30-35,37,46-47H,12-29,55H2,1-5H3,(H,56,74)(H,57,75)(H,58,65)(H,59,66)(H,60,71)(H,61,72)(H,62,73)(H,76,77)/t31?,32?,33?,34?,35?,37-,46?,47?/m1/s1. The van der Waals surface area contributed by atoms with Gasteiger partial charge < -0.3 is 81.2 Å². The number of carboxylic acid groups (broad SMARTS) is 1. The SMILES string of the molecule is CC(C[C@@H](N)Cc1ccc2c(c1)NC(=O)C(C)NC(=O)C(C)NC(=O)CCOCCOCCOCCNC(=O)C(N1C(=O)C=CC1=O)C(N1C(=O)C=CC1=O)C(=O)NCCOCCOCCOCCC(=O)NC(C)C(=O)NC(C)C(=O)O2)C(=O)O. The van der Waals surface area contributed by atoms with Gasteiger partial charge in [-0.2, -0.15) is 0 Å². The fraction of sp³-hybridized carbons (Fsp3) is 0.574. The fourth-order valence-corrected chi connectivity index (χ4v) is 8.12. The average Bonchev–Trinajstić information content (AvgIpc) is 3.12. The Hall–Kier alpha value is -8.07. The van der Waals surface area contributed by atoms with Crippen LogP contribution in [0.25, 0.3) is 0 Å². The molecule has 11 amide bonds. The molecule has 31 nitrogen and oxygen atoms in total. The number of aliphatic carboxylic acids is 1. The average molecular weight is 1200 g/mol. The van der Waals surface area contributed by atoms with E-state index in [1.54, 1.807) is 6.07 Å². The van der Waals surface area contributed by atoms with E-state index in [4.69, 9.17) is 38.9 Å². The van der Waals surface area contributed by atoms with Gasteiger partial charge in [-0.1, -0.05) is 13.0 Å². The van der Waals surface area contributed by atoms with Gasteiger partial charge in [0.1, 0.15) is 36.3 Å². The third kappa shape index (κ3) is 23.5. The van der Waals surface area contributed by atoms with E-state index in [0.29, 0.717) is 15.4 Å². The van der Waals surface area contributed by atoms with Crippen molar-refractivity contribution in [2.45, 2.75) is 103 Å². The summed E-state index contributed by atoms with van der Waals surface area (Å²) >= 11 is 0. The highest BCUT2D eigenvalue weighted by molar-refractivity contribution is 6.19. The smallest absolute Gasteiger partial charge is 0.333 e. The molecule has 7 unspecified atom stereocenters. The van der Waals surface area contributed by atoms with Gasteiger partial charge in [0.25, 0.3) is 23.6 Å². The molecule has 3 heterocycles. The van der Waals surface area contributed by atoms with Crippen LogP contribution in [0.4, 0.5) is 5.69 Å². The Morgan fingerprint density at radius 1 is 0.541 bits per heavy atom. The summed E-state index contributed by atoms with van der Waals surface area (Å²) < 4.78 is 38.5. The van der Waals surface area contributed by atoms with E-state index in [9.17, 15) is 67.4 Å². The van der Waals surface area contributed by atoms with Crippen LogP contribution in [0.2, 0.25) is 0 Å². The highest BCUT2D eigenvalue weighted by Crippen LogP contribution is 2.28. The number of esters is 1. The van der Waals surface area contributed by atoms with Crippen LogP contribution in [-0.4, -0.2) is 226 Å². The van der Waals surface area contributed by atoms with Gasteiger partial charge in [-0.25, -0.2) is 4.79 Å². The third-order valence-electron chi connectivity index (χ3n) is 12.7. The van der Waals surface area contributed by atoms with E-state index in [-0.39, 0.29) is 129 Å². The minimum Gasteiger partial charge on any atom is -0.481 e. The second-order valence-electron chi connectivity index (χ2n) is 19.6. The van der Waals surface area contributed by atoms with Crippen molar-refractivity contribution in [3.63, 3.8) is 0 Å². The van der Waals surface area contributed by atoms with Crippen molar-refractivity contribution < 1.29 is 101 Å². The quantitative estimate of drug-likeness (QED) is 0.0719. The number of nitrogens with one attached hydrogen (secondary N) is 7. The van der Waals surface area contributed by atoms with Crippen LogP contribution in [0.5, 0.6) is 5.75 Å². The first kappa shape index (κ1) is 69.4. The molecule has 31 heteroatoms.